The minimum Gasteiger partial charge on any atom is -0.396 e. The van der Waals surface area contributed by atoms with E-state index in [2.05, 4.69) is 19.1 Å². The first kappa shape index (κ1) is 11.4. The Morgan fingerprint density at radius 3 is 2.93 bits per heavy atom. The first-order valence-electron chi connectivity index (χ1n) is 5.58. The highest BCUT2D eigenvalue weighted by Crippen LogP contribution is 2.33. The maximum atomic E-state index is 11.5. The summed E-state index contributed by atoms with van der Waals surface area (Å²) in [6, 6.07) is 0. The van der Waals surface area contributed by atoms with Crippen LogP contribution < -0.4 is 0 Å². The van der Waals surface area contributed by atoms with Gasteiger partial charge < -0.3 is 5.11 Å². The molecule has 0 radical (unpaired) electrons. The molecule has 1 aliphatic rings. The Labute approximate surface area is 86.0 Å². The molecule has 2 atom stereocenters. The number of rotatable bonds is 5. The summed E-state index contributed by atoms with van der Waals surface area (Å²) in [6.07, 6.45) is 8.61. The van der Waals surface area contributed by atoms with Crippen molar-refractivity contribution in [2.45, 2.75) is 39.0 Å². The van der Waals surface area contributed by atoms with Crippen molar-refractivity contribution < 1.29 is 9.90 Å². The van der Waals surface area contributed by atoms with Crippen LogP contribution in [0.5, 0.6) is 0 Å². The molecule has 1 aliphatic carbocycles. The molecule has 2 unspecified atom stereocenters. The van der Waals surface area contributed by atoms with E-state index >= 15 is 0 Å². The Balaban J connectivity index is 2.44. The van der Waals surface area contributed by atoms with E-state index in [0.717, 1.165) is 32.1 Å². The average molecular weight is 196 g/mol. The Bertz CT molecular complexity index is 208. The summed E-state index contributed by atoms with van der Waals surface area (Å²) < 4.78 is 0. The van der Waals surface area contributed by atoms with Crippen molar-refractivity contribution in [2.24, 2.45) is 11.8 Å². The summed E-state index contributed by atoms with van der Waals surface area (Å²) in [4.78, 5) is 11.5. The largest absolute Gasteiger partial charge is 0.396 e. The Kier molecular flexibility index (Phi) is 4.88. The third-order valence-electron chi connectivity index (χ3n) is 3.04. The molecule has 0 aromatic rings. The van der Waals surface area contributed by atoms with Crippen molar-refractivity contribution in [3.63, 3.8) is 0 Å². The van der Waals surface area contributed by atoms with Crippen molar-refractivity contribution in [1.82, 2.24) is 0 Å². The summed E-state index contributed by atoms with van der Waals surface area (Å²) in [5.74, 6) is 1.00. The fraction of sp³-hybridized carbons (Fsp3) is 0.750. The van der Waals surface area contributed by atoms with E-state index in [1.165, 1.54) is 0 Å². The zero-order valence-corrected chi connectivity index (χ0v) is 8.91. The molecule has 1 saturated carbocycles. The molecule has 0 spiro atoms. The van der Waals surface area contributed by atoms with E-state index in [-0.39, 0.29) is 12.5 Å². The second kappa shape index (κ2) is 5.97. The number of Topliss-reactive ketones (excluding diaryl/α,β-unsaturated/α-hetero) is 1. The monoisotopic (exact) mass is 196 g/mol. The summed E-state index contributed by atoms with van der Waals surface area (Å²) in [6.45, 7) is 2.31. The van der Waals surface area contributed by atoms with Gasteiger partial charge in [0.15, 0.2) is 0 Å². The van der Waals surface area contributed by atoms with Crippen molar-refractivity contribution in [3.8, 4) is 0 Å². The van der Waals surface area contributed by atoms with Gasteiger partial charge in [-0.05, 0) is 31.6 Å². The molecular weight excluding hydrogens is 176 g/mol. The number of allylic oxidation sites excluding steroid dienone is 2. The smallest absolute Gasteiger partial charge is 0.136 e. The van der Waals surface area contributed by atoms with Crippen LogP contribution in [0.1, 0.15) is 39.0 Å². The molecule has 14 heavy (non-hydrogen) atoms. The predicted molar refractivity (Wildman–Crippen MR) is 57.0 cm³/mol. The second-order valence-electron chi connectivity index (χ2n) is 4.00. The van der Waals surface area contributed by atoms with Gasteiger partial charge in [-0.25, -0.2) is 0 Å². The van der Waals surface area contributed by atoms with Gasteiger partial charge in [-0.1, -0.05) is 19.1 Å². The number of carbonyl (C=O) groups excluding carboxylic acids is 1. The molecule has 0 bridgehead atoms. The molecule has 0 aromatic carbocycles. The zero-order chi connectivity index (χ0) is 10.4. The highest BCUT2D eigenvalue weighted by molar-refractivity contribution is 5.83. The summed E-state index contributed by atoms with van der Waals surface area (Å²) >= 11 is 0. The van der Waals surface area contributed by atoms with E-state index in [1.54, 1.807) is 0 Å². The van der Waals surface area contributed by atoms with Crippen LogP contribution >= 0.6 is 0 Å². The lowest BCUT2D eigenvalue weighted by atomic mass is 9.90. The van der Waals surface area contributed by atoms with Gasteiger partial charge in [-0.2, -0.15) is 0 Å². The standard InChI is InChI=1S/C12H20O2/c1-2-3-4-5-11-10(8-9-13)6-7-12(11)14/h3-4,10-11,13H,2,5-9H2,1H3. The van der Waals surface area contributed by atoms with Gasteiger partial charge in [-0.15, -0.1) is 0 Å². The first-order chi connectivity index (χ1) is 6.79. The number of aliphatic hydroxyl groups is 1. The maximum absolute atomic E-state index is 11.5. The maximum Gasteiger partial charge on any atom is 0.136 e. The lowest BCUT2D eigenvalue weighted by Crippen LogP contribution is -2.15. The SMILES string of the molecule is CCC=CCC1C(=O)CCC1CCO. The Morgan fingerprint density at radius 2 is 2.29 bits per heavy atom. The Morgan fingerprint density at radius 1 is 1.50 bits per heavy atom. The fourth-order valence-electron chi connectivity index (χ4n) is 2.22. The highest BCUT2D eigenvalue weighted by atomic mass is 16.3. The number of hydrogen-bond donors (Lipinski definition) is 1. The molecule has 2 heteroatoms. The van der Waals surface area contributed by atoms with Gasteiger partial charge in [0.2, 0.25) is 0 Å². The number of carbonyl (C=O) groups is 1. The minimum atomic E-state index is 0.185. The van der Waals surface area contributed by atoms with Crippen LogP contribution in [0.4, 0.5) is 0 Å². The fourth-order valence-corrected chi connectivity index (χ4v) is 2.22. The molecule has 0 aliphatic heterocycles. The number of hydrogen-bond acceptors (Lipinski definition) is 2. The molecule has 0 aromatic heterocycles. The van der Waals surface area contributed by atoms with Crippen molar-refractivity contribution >= 4 is 5.78 Å². The molecule has 0 heterocycles. The molecule has 1 rings (SSSR count). The van der Waals surface area contributed by atoms with Gasteiger partial charge in [0.1, 0.15) is 5.78 Å². The lowest BCUT2D eigenvalue weighted by Gasteiger charge is -2.15. The zero-order valence-electron chi connectivity index (χ0n) is 8.91. The minimum absolute atomic E-state index is 0.185. The molecule has 0 amide bonds. The van der Waals surface area contributed by atoms with Gasteiger partial charge in [-0.3, -0.25) is 4.79 Å². The van der Waals surface area contributed by atoms with E-state index in [4.69, 9.17) is 5.11 Å². The van der Waals surface area contributed by atoms with Gasteiger partial charge in [0.25, 0.3) is 0 Å². The van der Waals surface area contributed by atoms with Crippen LogP contribution in [0.15, 0.2) is 12.2 Å². The molecule has 2 nitrogen and oxygen atoms in total. The van der Waals surface area contributed by atoms with Gasteiger partial charge in [0, 0.05) is 18.9 Å². The molecule has 1 N–H and O–H groups in total. The van der Waals surface area contributed by atoms with Crippen LogP contribution in [0, 0.1) is 11.8 Å². The van der Waals surface area contributed by atoms with E-state index in [9.17, 15) is 4.79 Å². The Hall–Kier alpha value is -0.630. The average Bonchev–Trinajstić information content (AvgIpc) is 2.50. The summed E-state index contributed by atoms with van der Waals surface area (Å²) in [5, 5.41) is 8.87. The first-order valence-corrected chi connectivity index (χ1v) is 5.58. The summed E-state index contributed by atoms with van der Waals surface area (Å²) in [7, 11) is 0. The normalized spacial score (nSPS) is 27.7. The van der Waals surface area contributed by atoms with Crippen molar-refractivity contribution in [3.05, 3.63) is 12.2 Å². The molecule has 1 fully saturated rings. The van der Waals surface area contributed by atoms with E-state index < -0.39 is 0 Å². The van der Waals surface area contributed by atoms with Crippen LogP contribution in [0.25, 0.3) is 0 Å². The topological polar surface area (TPSA) is 37.3 Å². The third-order valence-corrected chi connectivity index (χ3v) is 3.04. The van der Waals surface area contributed by atoms with Crippen LogP contribution in [0.2, 0.25) is 0 Å². The molecule has 80 valence electrons. The molecule has 0 saturated heterocycles. The van der Waals surface area contributed by atoms with Crippen molar-refractivity contribution in [2.75, 3.05) is 6.61 Å². The number of ketones is 1. The number of aliphatic hydroxyl groups excluding tert-OH is 1. The predicted octanol–water partition coefficient (Wildman–Crippen LogP) is 2.32. The van der Waals surface area contributed by atoms with Crippen molar-refractivity contribution in [1.29, 1.82) is 0 Å². The highest BCUT2D eigenvalue weighted by Gasteiger charge is 2.32. The van der Waals surface area contributed by atoms with Gasteiger partial charge in [0.05, 0.1) is 0 Å². The quantitative estimate of drug-likeness (QED) is 0.685. The van der Waals surface area contributed by atoms with E-state index in [1.807, 2.05) is 0 Å². The lowest BCUT2D eigenvalue weighted by molar-refractivity contribution is -0.121. The van der Waals surface area contributed by atoms with Crippen LogP contribution in [-0.4, -0.2) is 17.5 Å². The third kappa shape index (κ3) is 2.95. The van der Waals surface area contributed by atoms with Crippen LogP contribution in [-0.2, 0) is 4.79 Å². The van der Waals surface area contributed by atoms with Crippen LogP contribution in [0.3, 0.4) is 0 Å². The van der Waals surface area contributed by atoms with E-state index in [0.29, 0.717) is 11.7 Å². The molecular formula is C12H20O2. The van der Waals surface area contributed by atoms with Gasteiger partial charge >= 0.3 is 0 Å². The second-order valence-corrected chi connectivity index (χ2v) is 4.00. The summed E-state index contributed by atoms with van der Waals surface area (Å²) in [5.41, 5.74) is 0.